The molecule has 0 spiro atoms. The summed E-state index contributed by atoms with van der Waals surface area (Å²) < 4.78 is 0. The zero-order valence-corrected chi connectivity index (χ0v) is 18.4. The summed E-state index contributed by atoms with van der Waals surface area (Å²) in [6.45, 7) is 6.25. The van der Waals surface area contributed by atoms with Crippen molar-refractivity contribution in [2.75, 3.05) is 0 Å². The third kappa shape index (κ3) is 3.62. The zero-order chi connectivity index (χ0) is 20.7. The van der Waals surface area contributed by atoms with Crippen molar-refractivity contribution in [2.24, 2.45) is 0 Å². The number of rotatable bonds is 2. The molecule has 3 nitrogen and oxygen atoms in total. The molecule has 29 heavy (non-hydrogen) atoms. The molecule has 0 bridgehead atoms. The third-order valence-corrected chi connectivity index (χ3v) is 6.51. The molecule has 0 saturated carbocycles. The van der Waals surface area contributed by atoms with Gasteiger partial charge >= 0.3 is 0 Å². The van der Waals surface area contributed by atoms with Crippen LogP contribution in [-0.4, -0.2) is 27.9 Å². The van der Waals surface area contributed by atoms with Gasteiger partial charge in [-0.05, 0) is 69.9 Å². The van der Waals surface area contributed by atoms with Crippen LogP contribution < -0.4 is 0 Å². The topological polar surface area (TPSA) is 33.2 Å². The molecule has 2 heterocycles. The van der Waals surface area contributed by atoms with Crippen molar-refractivity contribution < 1.29 is 4.79 Å². The summed E-state index contributed by atoms with van der Waals surface area (Å²) in [6, 6.07) is 13.7. The number of nitrogens with zero attached hydrogens (tertiary/aromatic N) is 2. The Morgan fingerprint density at radius 2 is 1.76 bits per heavy atom. The van der Waals surface area contributed by atoms with Gasteiger partial charge in [-0.25, -0.2) is 4.98 Å². The van der Waals surface area contributed by atoms with E-state index in [4.69, 9.17) is 28.2 Å². The highest BCUT2D eigenvalue weighted by molar-refractivity contribution is 6.36. The Bertz CT molecular complexity index is 1090. The predicted molar refractivity (Wildman–Crippen MR) is 121 cm³/mol. The van der Waals surface area contributed by atoms with Crippen LogP contribution in [0.2, 0.25) is 10.0 Å². The highest BCUT2D eigenvalue weighted by Crippen LogP contribution is 2.36. The molecule has 1 fully saturated rings. The van der Waals surface area contributed by atoms with Gasteiger partial charge in [-0.3, -0.25) is 4.79 Å². The lowest BCUT2D eigenvalue weighted by molar-refractivity contribution is 0.0512. The lowest BCUT2D eigenvalue weighted by Gasteiger charge is -2.39. The Hall–Kier alpha value is -2.10. The summed E-state index contributed by atoms with van der Waals surface area (Å²) in [5.41, 5.74) is 3.87. The highest BCUT2D eigenvalue weighted by atomic mass is 35.5. The van der Waals surface area contributed by atoms with Crippen LogP contribution in [0.1, 0.15) is 49.0 Å². The SMILES string of the molecule is Cc1c(-c2ccc(Cl)cc2Cl)nc2ccccc2c1C(=O)N1C(C)CCCC1C. The van der Waals surface area contributed by atoms with Crippen LogP contribution in [0, 0.1) is 6.92 Å². The van der Waals surface area contributed by atoms with Crippen molar-refractivity contribution in [1.29, 1.82) is 0 Å². The van der Waals surface area contributed by atoms with Crippen molar-refractivity contribution in [3.8, 4) is 11.3 Å². The summed E-state index contributed by atoms with van der Waals surface area (Å²) in [5.74, 6) is 0.0761. The zero-order valence-electron chi connectivity index (χ0n) is 16.9. The first-order chi connectivity index (χ1) is 13.9. The minimum Gasteiger partial charge on any atom is -0.333 e. The van der Waals surface area contributed by atoms with Crippen molar-refractivity contribution in [3.05, 3.63) is 63.6 Å². The molecule has 1 saturated heterocycles. The van der Waals surface area contributed by atoms with E-state index in [9.17, 15) is 4.79 Å². The number of hydrogen-bond acceptors (Lipinski definition) is 2. The fraction of sp³-hybridized carbons (Fsp3) is 0.333. The fourth-order valence-corrected chi connectivity index (χ4v) is 4.98. The maximum atomic E-state index is 13.8. The number of piperidine rings is 1. The standard InChI is InChI=1S/C24H24Cl2N2O/c1-14-7-6-8-15(2)28(14)24(29)22-16(3)23(18-12-11-17(25)13-20(18)26)27-21-10-5-4-9-19(21)22/h4-5,9-15H,6-8H2,1-3H3. The molecular weight excluding hydrogens is 403 g/mol. The van der Waals surface area contributed by atoms with E-state index in [0.29, 0.717) is 10.0 Å². The lowest BCUT2D eigenvalue weighted by atomic mass is 9.92. The van der Waals surface area contributed by atoms with Crippen LogP contribution in [0.5, 0.6) is 0 Å². The van der Waals surface area contributed by atoms with Gasteiger partial charge < -0.3 is 4.90 Å². The van der Waals surface area contributed by atoms with Gasteiger partial charge in [-0.2, -0.15) is 0 Å². The number of likely N-dealkylation sites (tertiary alicyclic amines) is 1. The third-order valence-electron chi connectivity index (χ3n) is 5.96. The molecule has 2 aromatic carbocycles. The number of para-hydroxylation sites is 1. The van der Waals surface area contributed by atoms with Crippen molar-refractivity contribution in [3.63, 3.8) is 0 Å². The first-order valence-corrected chi connectivity index (χ1v) is 10.8. The molecule has 2 unspecified atom stereocenters. The van der Waals surface area contributed by atoms with E-state index in [1.807, 2.05) is 42.2 Å². The monoisotopic (exact) mass is 426 g/mol. The van der Waals surface area contributed by atoms with E-state index in [1.165, 1.54) is 0 Å². The molecule has 1 aliphatic heterocycles. The van der Waals surface area contributed by atoms with E-state index in [-0.39, 0.29) is 18.0 Å². The number of fused-ring (bicyclic) bond motifs is 1. The Morgan fingerprint density at radius 1 is 1.07 bits per heavy atom. The molecule has 5 heteroatoms. The van der Waals surface area contributed by atoms with Gasteiger partial charge in [-0.15, -0.1) is 0 Å². The molecule has 1 aromatic heterocycles. The van der Waals surface area contributed by atoms with Crippen LogP contribution >= 0.6 is 23.2 Å². The molecule has 0 aliphatic carbocycles. The summed E-state index contributed by atoms with van der Waals surface area (Å²) in [6.07, 6.45) is 3.23. The van der Waals surface area contributed by atoms with E-state index < -0.39 is 0 Å². The average molecular weight is 427 g/mol. The first-order valence-electron chi connectivity index (χ1n) is 10.1. The fourth-order valence-electron chi connectivity index (χ4n) is 4.48. The van der Waals surface area contributed by atoms with Gasteiger partial charge in [0, 0.05) is 28.1 Å². The van der Waals surface area contributed by atoms with Gasteiger partial charge in [0.2, 0.25) is 0 Å². The van der Waals surface area contributed by atoms with Gasteiger partial charge in [-0.1, -0.05) is 41.4 Å². The summed E-state index contributed by atoms with van der Waals surface area (Å²) in [5, 5.41) is 1.99. The predicted octanol–water partition coefficient (Wildman–Crippen LogP) is 6.92. The molecule has 4 rings (SSSR count). The number of pyridine rings is 1. The Morgan fingerprint density at radius 3 is 2.45 bits per heavy atom. The van der Waals surface area contributed by atoms with Gasteiger partial charge in [0.15, 0.2) is 0 Å². The van der Waals surface area contributed by atoms with Crippen LogP contribution in [-0.2, 0) is 0 Å². The molecule has 1 amide bonds. The molecule has 0 radical (unpaired) electrons. The largest absolute Gasteiger partial charge is 0.333 e. The average Bonchev–Trinajstić information content (AvgIpc) is 2.67. The molecule has 150 valence electrons. The summed E-state index contributed by atoms with van der Waals surface area (Å²) in [4.78, 5) is 20.7. The highest BCUT2D eigenvalue weighted by Gasteiger charge is 2.32. The summed E-state index contributed by atoms with van der Waals surface area (Å²) in [7, 11) is 0. The minimum absolute atomic E-state index is 0.0761. The number of halogens is 2. The van der Waals surface area contributed by atoms with Crippen LogP contribution in [0.25, 0.3) is 22.2 Å². The lowest BCUT2D eigenvalue weighted by Crippen LogP contribution is -2.47. The molecular formula is C24H24Cl2N2O. The quantitative estimate of drug-likeness (QED) is 0.445. The Labute approximate surface area is 181 Å². The number of aromatic nitrogens is 1. The van der Waals surface area contributed by atoms with Crippen LogP contribution in [0.15, 0.2) is 42.5 Å². The van der Waals surface area contributed by atoms with E-state index in [1.54, 1.807) is 12.1 Å². The van der Waals surface area contributed by atoms with Gasteiger partial charge in [0.05, 0.1) is 21.8 Å². The van der Waals surface area contributed by atoms with Crippen LogP contribution in [0.4, 0.5) is 0 Å². The minimum atomic E-state index is 0.0761. The number of carbonyl (C=O) groups excluding carboxylic acids is 1. The maximum absolute atomic E-state index is 13.8. The second-order valence-corrected chi connectivity index (χ2v) is 8.79. The number of carbonyl (C=O) groups is 1. The maximum Gasteiger partial charge on any atom is 0.255 e. The summed E-state index contributed by atoms with van der Waals surface area (Å²) >= 11 is 12.6. The van der Waals surface area contributed by atoms with E-state index in [0.717, 1.165) is 52.5 Å². The van der Waals surface area contributed by atoms with Crippen LogP contribution in [0.3, 0.4) is 0 Å². The molecule has 0 N–H and O–H groups in total. The van der Waals surface area contributed by atoms with Gasteiger partial charge in [0.25, 0.3) is 5.91 Å². The van der Waals surface area contributed by atoms with E-state index >= 15 is 0 Å². The number of amides is 1. The van der Waals surface area contributed by atoms with Crippen molar-refractivity contribution >= 4 is 40.0 Å². The Balaban J connectivity index is 1.95. The Kier molecular flexibility index (Phi) is 5.54. The van der Waals surface area contributed by atoms with Crippen molar-refractivity contribution in [1.82, 2.24) is 9.88 Å². The molecule has 3 aromatic rings. The first kappa shape index (κ1) is 20.2. The molecule has 1 aliphatic rings. The molecule has 2 atom stereocenters. The number of hydrogen-bond donors (Lipinski definition) is 0. The van der Waals surface area contributed by atoms with E-state index in [2.05, 4.69) is 13.8 Å². The smallest absolute Gasteiger partial charge is 0.255 e. The number of benzene rings is 2. The second-order valence-electron chi connectivity index (χ2n) is 7.94. The second kappa shape index (κ2) is 7.97. The van der Waals surface area contributed by atoms with Crippen molar-refractivity contribution in [2.45, 2.75) is 52.1 Å². The van der Waals surface area contributed by atoms with Gasteiger partial charge in [0.1, 0.15) is 0 Å². The normalized spacial score (nSPS) is 19.6.